The van der Waals surface area contributed by atoms with Crippen LogP contribution < -0.4 is 0 Å². The highest BCUT2D eigenvalue weighted by molar-refractivity contribution is 6.05. The first-order valence-corrected chi connectivity index (χ1v) is 9.30. The molecule has 0 saturated carbocycles. The summed E-state index contributed by atoms with van der Waals surface area (Å²) < 4.78 is 31.2. The second kappa shape index (κ2) is 9.66. The van der Waals surface area contributed by atoms with Crippen LogP contribution in [0.3, 0.4) is 0 Å². The first-order valence-electron chi connectivity index (χ1n) is 9.30. The largest absolute Gasteiger partial charge is 0.463 e. The summed E-state index contributed by atoms with van der Waals surface area (Å²) in [4.78, 5) is 37.8. The molecule has 28 heavy (non-hydrogen) atoms. The van der Waals surface area contributed by atoms with Crippen molar-refractivity contribution in [2.24, 2.45) is 5.92 Å². The molecule has 2 atom stereocenters. The molecule has 1 aromatic carbocycles. The maximum absolute atomic E-state index is 16.2. The summed E-state index contributed by atoms with van der Waals surface area (Å²) in [6.07, 6.45) is 0. The van der Waals surface area contributed by atoms with Gasteiger partial charge in [0.2, 0.25) is 0 Å². The molecule has 0 bridgehead atoms. The van der Waals surface area contributed by atoms with Crippen molar-refractivity contribution in [2.75, 3.05) is 13.2 Å². The monoisotopic (exact) mass is 396 g/mol. The molecule has 1 rings (SSSR count). The third-order valence-electron chi connectivity index (χ3n) is 4.01. The standard InChI is InChI=1S/C21H29FO6/c1-7-26-18(24)21(22,19(25)27-8-2)16(15-12-10-9-11-13-15)14(3)17(23)28-20(4,5)6/h9-14,16H,7-8H2,1-6H3/t14-,16-/m0/s1. The lowest BCUT2D eigenvalue weighted by Crippen LogP contribution is -2.53. The van der Waals surface area contributed by atoms with Crippen molar-refractivity contribution in [1.29, 1.82) is 0 Å². The smallest absolute Gasteiger partial charge is 0.356 e. The predicted molar refractivity (Wildman–Crippen MR) is 101 cm³/mol. The molecule has 0 heterocycles. The van der Waals surface area contributed by atoms with Gasteiger partial charge < -0.3 is 14.2 Å². The molecule has 0 aliphatic heterocycles. The summed E-state index contributed by atoms with van der Waals surface area (Å²) in [7, 11) is 0. The van der Waals surface area contributed by atoms with Crippen molar-refractivity contribution in [2.45, 2.75) is 58.7 Å². The van der Waals surface area contributed by atoms with Crippen LogP contribution in [0, 0.1) is 5.92 Å². The molecule has 0 aliphatic carbocycles. The highest BCUT2D eigenvalue weighted by atomic mass is 19.1. The van der Waals surface area contributed by atoms with Gasteiger partial charge in [-0.2, -0.15) is 0 Å². The summed E-state index contributed by atoms with van der Waals surface area (Å²) in [5.74, 6) is -6.17. The van der Waals surface area contributed by atoms with E-state index in [4.69, 9.17) is 14.2 Å². The molecule has 6 nitrogen and oxygen atoms in total. The third-order valence-corrected chi connectivity index (χ3v) is 4.01. The molecule has 0 spiro atoms. The third kappa shape index (κ3) is 5.53. The first kappa shape index (κ1) is 23.6. The Morgan fingerprint density at radius 2 is 1.43 bits per heavy atom. The van der Waals surface area contributed by atoms with E-state index in [-0.39, 0.29) is 18.8 Å². The maximum atomic E-state index is 16.2. The minimum absolute atomic E-state index is 0.133. The highest BCUT2D eigenvalue weighted by Crippen LogP contribution is 2.41. The summed E-state index contributed by atoms with van der Waals surface area (Å²) in [6, 6.07) is 8.03. The minimum Gasteiger partial charge on any atom is -0.463 e. The Balaban J connectivity index is 3.55. The van der Waals surface area contributed by atoms with Crippen LogP contribution in [-0.4, -0.2) is 42.4 Å². The van der Waals surface area contributed by atoms with Gasteiger partial charge in [-0.15, -0.1) is 0 Å². The van der Waals surface area contributed by atoms with Gasteiger partial charge in [0.05, 0.1) is 25.0 Å². The number of esters is 3. The Bertz CT molecular complexity index is 662. The molecule has 0 saturated heterocycles. The fraction of sp³-hybridized carbons (Fsp3) is 0.571. The van der Waals surface area contributed by atoms with Crippen LogP contribution in [0.2, 0.25) is 0 Å². The van der Waals surface area contributed by atoms with Crippen LogP contribution >= 0.6 is 0 Å². The molecule has 156 valence electrons. The van der Waals surface area contributed by atoms with Crippen LogP contribution in [0.4, 0.5) is 4.39 Å². The molecule has 0 fully saturated rings. The van der Waals surface area contributed by atoms with E-state index in [0.717, 1.165) is 0 Å². The van der Waals surface area contributed by atoms with Gasteiger partial charge in [0.1, 0.15) is 5.60 Å². The number of alkyl halides is 1. The van der Waals surface area contributed by atoms with Crippen LogP contribution in [0.25, 0.3) is 0 Å². The Labute approximate surface area is 165 Å². The fourth-order valence-corrected chi connectivity index (χ4v) is 2.86. The van der Waals surface area contributed by atoms with Crippen molar-refractivity contribution in [3.8, 4) is 0 Å². The van der Waals surface area contributed by atoms with E-state index in [2.05, 4.69) is 0 Å². The lowest BCUT2D eigenvalue weighted by molar-refractivity contribution is -0.180. The molecule has 0 aliphatic rings. The van der Waals surface area contributed by atoms with E-state index in [1.807, 2.05) is 0 Å². The van der Waals surface area contributed by atoms with Crippen molar-refractivity contribution in [1.82, 2.24) is 0 Å². The summed E-state index contributed by atoms with van der Waals surface area (Å²) in [5, 5.41) is 0. The number of benzene rings is 1. The van der Waals surface area contributed by atoms with E-state index >= 15 is 4.39 Å². The van der Waals surface area contributed by atoms with Gasteiger partial charge in [0, 0.05) is 0 Å². The lowest BCUT2D eigenvalue weighted by Gasteiger charge is -2.34. The zero-order valence-electron chi connectivity index (χ0n) is 17.3. The number of carbonyl (C=O) groups is 3. The minimum atomic E-state index is -3.20. The van der Waals surface area contributed by atoms with Gasteiger partial charge >= 0.3 is 23.6 Å². The fourth-order valence-electron chi connectivity index (χ4n) is 2.86. The molecule has 7 heteroatoms. The van der Waals surface area contributed by atoms with E-state index in [1.165, 1.54) is 32.9 Å². The number of rotatable bonds is 8. The van der Waals surface area contributed by atoms with Crippen LogP contribution in [0.5, 0.6) is 0 Å². The van der Waals surface area contributed by atoms with Crippen molar-refractivity contribution < 1.29 is 33.0 Å². The van der Waals surface area contributed by atoms with E-state index in [9.17, 15) is 14.4 Å². The Morgan fingerprint density at radius 3 is 1.82 bits per heavy atom. The van der Waals surface area contributed by atoms with Crippen molar-refractivity contribution >= 4 is 17.9 Å². The van der Waals surface area contributed by atoms with E-state index in [0.29, 0.717) is 0 Å². The quantitative estimate of drug-likeness (QED) is 0.380. The molecule has 0 aromatic heterocycles. The van der Waals surface area contributed by atoms with Crippen LogP contribution in [0.1, 0.15) is 53.0 Å². The van der Waals surface area contributed by atoms with Crippen molar-refractivity contribution in [3.05, 3.63) is 35.9 Å². The molecular formula is C21H29FO6. The molecule has 0 radical (unpaired) electrons. The van der Waals surface area contributed by atoms with Gasteiger partial charge in [-0.3, -0.25) is 4.79 Å². The zero-order valence-corrected chi connectivity index (χ0v) is 17.3. The van der Waals surface area contributed by atoms with Crippen LogP contribution in [-0.2, 0) is 28.6 Å². The Hall–Kier alpha value is -2.44. The van der Waals surface area contributed by atoms with Gasteiger partial charge in [-0.1, -0.05) is 37.3 Å². The van der Waals surface area contributed by atoms with Gasteiger partial charge in [-0.05, 0) is 40.2 Å². The lowest BCUT2D eigenvalue weighted by atomic mass is 9.75. The predicted octanol–water partition coefficient (Wildman–Crippen LogP) is 3.58. The highest BCUT2D eigenvalue weighted by Gasteiger charge is 2.60. The molecule has 0 N–H and O–H groups in total. The number of hydrogen-bond donors (Lipinski definition) is 0. The number of halogens is 1. The van der Waals surface area contributed by atoms with Gasteiger partial charge in [0.15, 0.2) is 0 Å². The number of hydrogen-bond acceptors (Lipinski definition) is 6. The normalized spacial score (nSPS) is 14.0. The summed E-state index contributed by atoms with van der Waals surface area (Å²) >= 11 is 0. The Kier molecular flexibility index (Phi) is 8.14. The molecule has 0 unspecified atom stereocenters. The molecular weight excluding hydrogens is 367 g/mol. The zero-order chi connectivity index (χ0) is 21.5. The van der Waals surface area contributed by atoms with Gasteiger partial charge in [-0.25, -0.2) is 14.0 Å². The Morgan fingerprint density at radius 1 is 0.964 bits per heavy atom. The molecule has 1 aromatic rings. The molecule has 0 amide bonds. The average Bonchev–Trinajstić information content (AvgIpc) is 2.61. The second-order valence-electron chi connectivity index (χ2n) is 7.36. The summed E-state index contributed by atoms with van der Waals surface area (Å²) in [6.45, 7) is 9.17. The summed E-state index contributed by atoms with van der Waals surface area (Å²) in [5.41, 5.74) is -3.74. The van der Waals surface area contributed by atoms with E-state index in [1.54, 1.807) is 39.0 Å². The van der Waals surface area contributed by atoms with Crippen molar-refractivity contribution in [3.63, 3.8) is 0 Å². The first-order chi connectivity index (χ1) is 13.0. The van der Waals surface area contributed by atoms with Crippen LogP contribution in [0.15, 0.2) is 30.3 Å². The number of carbonyl (C=O) groups excluding carboxylic acids is 3. The topological polar surface area (TPSA) is 78.9 Å². The number of ether oxygens (including phenoxy) is 3. The maximum Gasteiger partial charge on any atom is 0.356 e. The second-order valence-corrected chi connectivity index (χ2v) is 7.36. The van der Waals surface area contributed by atoms with Gasteiger partial charge in [0.25, 0.3) is 0 Å². The van der Waals surface area contributed by atoms with E-state index < -0.39 is 41.0 Å². The average molecular weight is 396 g/mol. The SMILES string of the molecule is CCOC(=O)C(F)(C(=O)OCC)[C@H](c1ccccc1)[C@H](C)C(=O)OC(C)(C)C.